The summed E-state index contributed by atoms with van der Waals surface area (Å²) >= 11 is 5.92. The minimum absolute atomic E-state index is 0.0348. The van der Waals surface area contributed by atoms with Gasteiger partial charge < -0.3 is 4.74 Å². The summed E-state index contributed by atoms with van der Waals surface area (Å²) in [6.07, 6.45) is 4.42. The SMILES string of the molecule is COc1ncnc(C)c1-n1c(CS(=O)(=O)[C@@H](C)[C@H](C)c2ncc(Cl)cn2)nnc1C12C3C4C5C3C1C5C42. The van der Waals surface area contributed by atoms with Gasteiger partial charge in [-0.2, -0.15) is 4.98 Å². The van der Waals surface area contributed by atoms with E-state index in [-0.39, 0.29) is 11.2 Å². The number of sulfone groups is 1. The van der Waals surface area contributed by atoms with Crippen LogP contribution in [0.5, 0.6) is 5.88 Å². The predicted octanol–water partition coefficient (Wildman–Crippen LogP) is 2.54. The lowest BCUT2D eigenvalue weighted by Crippen LogP contribution is -3.07. The van der Waals surface area contributed by atoms with Crippen LogP contribution in [0.25, 0.3) is 5.69 Å². The Morgan fingerprint density at radius 2 is 1.68 bits per heavy atom. The van der Waals surface area contributed by atoms with Gasteiger partial charge in [0.05, 0.1) is 23.1 Å². The first-order valence-corrected chi connectivity index (χ1v) is 14.8. The number of aryl methyl sites for hydroxylation is 1. The van der Waals surface area contributed by atoms with Gasteiger partial charge in [-0.3, -0.25) is 4.57 Å². The third kappa shape index (κ3) is 2.30. The van der Waals surface area contributed by atoms with Gasteiger partial charge >= 0.3 is 0 Å². The minimum atomic E-state index is -3.67. The molecule has 37 heavy (non-hydrogen) atoms. The zero-order valence-corrected chi connectivity index (χ0v) is 22.3. The number of methoxy groups -OCH3 is 1. The molecule has 0 radical (unpaired) electrons. The molecule has 0 unspecified atom stereocenters. The van der Waals surface area contributed by atoms with Crippen LogP contribution in [-0.4, -0.2) is 55.5 Å². The van der Waals surface area contributed by atoms with Gasteiger partial charge in [-0.05, 0) is 55.3 Å². The summed E-state index contributed by atoms with van der Waals surface area (Å²) in [6, 6.07) is 0. The fraction of sp³-hybridized carbons (Fsp3) is 0.600. The van der Waals surface area contributed by atoms with Crippen molar-refractivity contribution >= 4 is 21.4 Å². The van der Waals surface area contributed by atoms with Gasteiger partial charge in [0.1, 0.15) is 29.4 Å². The van der Waals surface area contributed by atoms with Gasteiger partial charge in [0.15, 0.2) is 15.7 Å². The van der Waals surface area contributed by atoms with E-state index in [4.69, 9.17) is 21.4 Å². The maximum absolute atomic E-state index is 13.7. The molecule has 6 aliphatic rings. The lowest BCUT2D eigenvalue weighted by molar-refractivity contribution is -0.583. The quantitative estimate of drug-likeness (QED) is 0.424. The van der Waals surface area contributed by atoms with Crippen LogP contribution in [0.2, 0.25) is 5.02 Å². The van der Waals surface area contributed by atoms with Gasteiger partial charge in [0.2, 0.25) is 5.88 Å². The Morgan fingerprint density at radius 3 is 2.30 bits per heavy atom. The van der Waals surface area contributed by atoms with E-state index in [0.717, 1.165) is 29.5 Å². The summed E-state index contributed by atoms with van der Waals surface area (Å²) in [6.45, 7) is 5.38. The first-order chi connectivity index (χ1) is 17.7. The number of hydrogen-bond donors (Lipinski definition) is 0. The summed E-state index contributed by atoms with van der Waals surface area (Å²) in [4.78, 5) is 17.2. The van der Waals surface area contributed by atoms with Crippen molar-refractivity contribution in [3.63, 3.8) is 0 Å². The Morgan fingerprint density at radius 1 is 1.03 bits per heavy atom. The van der Waals surface area contributed by atoms with Crippen LogP contribution in [-0.2, 0) is 21.0 Å². The molecule has 0 aromatic carbocycles. The van der Waals surface area contributed by atoms with Crippen LogP contribution in [0.4, 0.5) is 0 Å². The molecule has 9 rings (SSSR count). The summed E-state index contributed by atoms with van der Waals surface area (Å²) in [5.74, 6) is 6.84. The molecule has 10 nitrogen and oxygen atoms in total. The predicted molar refractivity (Wildman–Crippen MR) is 132 cm³/mol. The minimum Gasteiger partial charge on any atom is -0.479 e. The van der Waals surface area contributed by atoms with E-state index < -0.39 is 21.0 Å². The number of rotatable bonds is 8. The van der Waals surface area contributed by atoms with Crippen molar-refractivity contribution in [2.45, 2.75) is 43.1 Å². The second-order valence-electron chi connectivity index (χ2n) is 11.5. The number of hydrogen-bond acceptors (Lipinski definition) is 9. The number of halogens is 1. The molecule has 0 amide bonds. The highest BCUT2D eigenvalue weighted by Gasteiger charge is 3.05. The smallest absolute Gasteiger partial charge is 0.241 e. The third-order valence-corrected chi connectivity index (χ3v) is 13.0. The Kier molecular flexibility index (Phi) is 4.14. The van der Waals surface area contributed by atoms with Crippen molar-refractivity contribution in [2.24, 2.45) is 41.4 Å². The molecule has 3 aromatic heterocycles. The molecule has 192 valence electrons. The molecule has 6 aliphatic carbocycles. The van der Waals surface area contributed by atoms with E-state index in [2.05, 4.69) is 25.0 Å². The van der Waals surface area contributed by atoms with Crippen molar-refractivity contribution in [3.8, 4) is 11.6 Å². The molecular weight excluding hydrogens is 514 g/mol. The Hall–Kier alpha value is -2.66. The Labute approximate surface area is 219 Å². The van der Waals surface area contributed by atoms with Crippen LogP contribution in [0.1, 0.15) is 42.9 Å². The van der Waals surface area contributed by atoms with Crippen LogP contribution in [0, 0.1) is 48.3 Å². The molecule has 6 saturated carbocycles. The summed E-state index contributed by atoms with van der Waals surface area (Å²) in [5.41, 5.74) is 1.36. The average molecular weight is 540 g/mol. The van der Waals surface area contributed by atoms with Gasteiger partial charge in [-0.1, -0.05) is 18.5 Å². The van der Waals surface area contributed by atoms with Gasteiger partial charge in [0, 0.05) is 23.7 Å². The summed E-state index contributed by atoms with van der Waals surface area (Å²) in [5, 5.41) is 8.88. The van der Waals surface area contributed by atoms with Gasteiger partial charge in [-0.25, -0.2) is 23.4 Å². The molecule has 0 saturated heterocycles. The topological polar surface area (TPSA) is 126 Å². The molecule has 2 atom stereocenters. The third-order valence-electron chi connectivity index (χ3n) is 10.6. The first kappa shape index (κ1) is 22.3. The van der Waals surface area contributed by atoms with E-state index in [1.807, 2.05) is 18.4 Å². The molecule has 6 fully saturated rings. The second kappa shape index (κ2) is 6.85. The van der Waals surface area contributed by atoms with Crippen molar-refractivity contribution in [1.29, 1.82) is 0 Å². The van der Waals surface area contributed by atoms with Crippen LogP contribution in [0.3, 0.4) is 0 Å². The van der Waals surface area contributed by atoms with Crippen molar-refractivity contribution in [1.82, 2.24) is 34.7 Å². The van der Waals surface area contributed by atoms with Crippen molar-refractivity contribution in [2.75, 3.05) is 7.11 Å². The highest BCUT2D eigenvalue weighted by atomic mass is 35.5. The van der Waals surface area contributed by atoms with Gasteiger partial charge in [0.25, 0.3) is 0 Å². The molecule has 3 aromatic rings. The van der Waals surface area contributed by atoms with E-state index in [0.29, 0.717) is 51.7 Å². The van der Waals surface area contributed by atoms with E-state index in [9.17, 15) is 8.42 Å². The lowest BCUT2D eigenvalue weighted by Gasteiger charge is -3.07. The normalized spacial score (nSPS) is 36.7. The van der Waals surface area contributed by atoms with E-state index in [1.54, 1.807) is 14.0 Å². The fourth-order valence-corrected chi connectivity index (χ4v) is 10.7. The molecule has 0 aliphatic heterocycles. The number of ether oxygens (including phenoxy) is 1. The lowest BCUT2D eigenvalue weighted by atomic mass is 8.96. The second-order valence-corrected chi connectivity index (χ2v) is 14.3. The highest BCUT2D eigenvalue weighted by molar-refractivity contribution is 7.91. The van der Waals surface area contributed by atoms with Crippen LogP contribution >= 0.6 is 11.6 Å². The Bertz CT molecular complexity index is 1540. The van der Waals surface area contributed by atoms with Gasteiger partial charge in [-0.15, -0.1) is 10.2 Å². The average Bonchev–Trinajstić information content (AvgIpc) is 3.30. The van der Waals surface area contributed by atoms with Crippen LogP contribution < -0.4 is 4.74 Å². The zero-order valence-electron chi connectivity index (χ0n) is 20.8. The molecule has 3 heterocycles. The maximum atomic E-state index is 13.7. The molecule has 0 spiro atoms. The first-order valence-electron chi connectivity index (χ1n) is 12.7. The van der Waals surface area contributed by atoms with Crippen molar-refractivity contribution in [3.05, 3.63) is 46.9 Å². The largest absolute Gasteiger partial charge is 0.479 e. The standard InChI is InChI=1S/C25H26ClN7O3S/c1-9(22-27-5-12(26)6-28-22)11(3)37(34,35)7-13-31-32-24(33(13)21-10(2)29-8-30-23(21)36-4)25-18-15-14-16(18)20(25)17(14)19(15)25/h5-6,8-9,11,14-20H,7H2,1-4H3/t9-,11-,14?,15?,16?,17?,18?,19?,20?,25?/m0/s1. The highest BCUT2D eigenvalue weighted by Crippen LogP contribution is 3.05. The fourth-order valence-electron chi connectivity index (χ4n) is 9.05. The summed E-state index contributed by atoms with van der Waals surface area (Å²) < 4.78 is 35.0. The maximum Gasteiger partial charge on any atom is 0.241 e. The molecule has 12 heteroatoms. The van der Waals surface area contributed by atoms with E-state index >= 15 is 0 Å². The Balaban J connectivity index is 1.20. The van der Waals surface area contributed by atoms with E-state index in [1.165, 1.54) is 18.7 Å². The van der Waals surface area contributed by atoms with Crippen molar-refractivity contribution < 1.29 is 13.2 Å². The zero-order chi connectivity index (χ0) is 25.6. The monoisotopic (exact) mass is 539 g/mol. The molecule has 0 N–H and O–H groups in total. The number of aromatic nitrogens is 7. The molecule has 0 bridgehead atoms. The summed E-state index contributed by atoms with van der Waals surface area (Å²) in [7, 11) is -2.11. The molecular formula is C25H26ClN7O3S. The number of nitrogens with zero attached hydrogens (tertiary/aromatic N) is 7. The van der Waals surface area contributed by atoms with Crippen LogP contribution in [0.15, 0.2) is 18.7 Å².